The van der Waals surface area contributed by atoms with Crippen LogP contribution in [0.1, 0.15) is 66.8 Å². The van der Waals surface area contributed by atoms with Gasteiger partial charge in [-0.15, -0.1) is 0 Å². The van der Waals surface area contributed by atoms with Crippen molar-refractivity contribution >= 4 is 23.1 Å². The van der Waals surface area contributed by atoms with Crippen LogP contribution in [0.25, 0.3) is 0 Å². The predicted molar refractivity (Wildman–Crippen MR) is 110 cm³/mol. The molecule has 0 saturated heterocycles. The van der Waals surface area contributed by atoms with Crippen molar-refractivity contribution in [3.05, 3.63) is 47.3 Å². The molecule has 3 rings (SSSR count). The summed E-state index contributed by atoms with van der Waals surface area (Å²) in [6.07, 6.45) is 6.31. The Morgan fingerprint density at radius 3 is 2.30 bits per heavy atom. The molecular formula is C22H29N3O2. The molecular weight excluding hydrogens is 338 g/mol. The van der Waals surface area contributed by atoms with Crippen molar-refractivity contribution in [2.75, 3.05) is 17.2 Å². The van der Waals surface area contributed by atoms with E-state index in [1.807, 2.05) is 30.3 Å². The highest BCUT2D eigenvalue weighted by Gasteiger charge is 2.22. The molecule has 0 aliphatic heterocycles. The Kier molecular flexibility index (Phi) is 5.99. The molecule has 5 heteroatoms. The third kappa shape index (κ3) is 4.59. The highest BCUT2D eigenvalue weighted by Crippen LogP contribution is 2.32. The van der Waals surface area contributed by atoms with Crippen LogP contribution in [0.4, 0.5) is 11.4 Å². The SMILES string of the molecule is CC(=O)Nc1ccc(NCC(=O)c2cc(C)n(C3CCCCC3)c2C)cc1. The Hall–Kier alpha value is -2.56. The van der Waals surface area contributed by atoms with Crippen LogP contribution in [0.15, 0.2) is 30.3 Å². The number of aromatic nitrogens is 1. The molecule has 144 valence electrons. The zero-order valence-electron chi connectivity index (χ0n) is 16.5. The molecule has 1 aromatic heterocycles. The summed E-state index contributed by atoms with van der Waals surface area (Å²) in [5.74, 6) is 0.00954. The second-order valence-corrected chi connectivity index (χ2v) is 7.48. The van der Waals surface area contributed by atoms with E-state index in [9.17, 15) is 9.59 Å². The number of hydrogen-bond donors (Lipinski definition) is 2. The normalized spacial score (nSPS) is 14.8. The van der Waals surface area contributed by atoms with Crippen molar-refractivity contribution in [1.82, 2.24) is 4.57 Å². The maximum absolute atomic E-state index is 12.8. The number of amides is 1. The standard InChI is InChI=1S/C22H29N3O2/c1-15-13-21(16(2)25(15)20-7-5-4-6-8-20)22(27)14-23-18-9-11-19(12-10-18)24-17(3)26/h9-13,20,23H,4-8,14H2,1-3H3,(H,24,26). The lowest BCUT2D eigenvalue weighted by atomic mass is 9.95. The van der Waals surface area contributed by atoms with Gasteiger partial charge in [0.05, 0.1) is 6.54 Å². The molecule has 27 heavy (non-hydrogen) atoms. The number of rotatable bonds is 6. The van der Waals surface area contributed by atoms with Gasteiger partial charge in [0.2, 0.25) is 5.91 Å². The number of Topliss-reactive ketones (excluding diaryl/α,β-unsaturated/α-hetero) is 1. The zero-order chi connectivity index (χ0) is 19.4. The number of anilines is 2. The number of nitrogens with one attached hydrogen (secondary N) is 2. The van der Waals surface area contributed by atoms with E-state index in [2.05, 4.69) is 29.0 Å². The summed E-state index contributed by atoms with van der Waals surface area (Å²) in [5.41, 5.74) is 4.70. The summed E-state index contributed by atoms with van der Waals surface area (Å²) in [4.78, 5) is 23.8. The smallest absolute Gasteiger partial charge is 0.221 e. The minimum atomic E-state index is -0.0980. The van der Waals surface area contributed by atoms with Gasteiger partial charge in [0.1, 0.15) is 0 Å². The molecule has 0 bridgehead atoms. The van der Waals surface area contributed by atoms with E-state index in [1.165, 1.54) is 44.7 Å². The second kappa shape index (κ2) is 8.42. The van der Waals surface area contributed by atoms with Gasteiger partial charge in [0.15, 0.2) is 5.78 Å². The van der Waals surface area contributed by atoms with Gasteiger partial charge in [-0.05, 0) is 57.0 Å². The molecule has 1 fully saturated rings. The van der Waals surface area contributed by atoms with Gasteiger partial charge in [-0.3, -0.25) is 9.59 Å². The lowest BCUT2D eigenvalue weighted by molar-refractivity contribution is -0.114. The molecule has 1 heterocycles. The van der Waals surface area contributed by atoms with Gasteiger partial charge in [-0.1, -0.05) is 19.3 Å². The highest BCUT2D eigenvalue weighted by atomic mass is 16.1. The van der Waals surface area contributed by atoms with E-state index >= 15 is 0 Å². The van der Waals surface area contributed by atoms with Crippen molar-refractivity contribution < 1.29 is 9.59 Å². The van der Waals surface area contributed by atoms with Crippen molar-refractivity contribution in [2.45, 2.75) is 58.9 Å². The van der Waals surface area contributed by atoms with Crippen molar-refractivity contribution in [3.63, 3.8) is 0 Å². The Bertz CT molecular complexity index is 815. The maximum atomic E-state index is 12.8. The molecule has 0 radical (unpaired) electrons. The summed E-state index contributed by atoms with van der Waals surface area (Å²) < 4.78 is 2.37. The molecule has 2 N–H and O–H groups in total. The van der Waals surface area contributed by atoms with E-state index in [0.29, 0.717) is 6.04 Å². The number of nitrogens with zero attached hydrogens (tertiary/aromatic N) is 1. The predicted octanol–water partition coefficient (Wildman–Crippen LogP) is 4.86. The van der Waals surface area contributed by atoms with E-state index in [0.717, 1.165) is 22.6 Å². The third-order valence-corrected chi connectivity index (χ3v) is 5.38. The largest absolute Gasteiger partial charge is 0.378 e. The average molecular weight is 367 g/mol. The van der Waals surface area contributed by atoms with Gasteiger partial charge in [0.25, 0.3) is 0 Å². The van der Waals surface area contributed by atoms with E-state index < -0.39 is 0 Å². The van der Waals surface area contributed by atoms with Gasteiger partial charge in [-0.25, -0.2) is 0 Å². The van der Waals surface area contributed by atoms with Crippen LogP contribution >= 0.6 is 0 Å². The number of benzene rings is 1. The Balaban J connectivity index is 1.65. The first-order chi connectivity index (χ1) is 13.0. The summed E-state index contributed by atoms with van der Waals surface area (Å²) in [6, 6.07) is 9.95. The first kappa shape index (κ1) is 19.2. The van der Waals surface area contributed by atoms with Gasteiger partial charge >= 0.3 is 0 Å². The molecule has 5 nitrogen and oxygen atoms in total. The first-order valence-electron chi connectivity index (χ1n) is 9.79. The van der Waals surface area contributed by atoms with Crippen molar-refractivity contribution in [3.8, 4) is 0 Å². The molecule has 0 unspecified atom stereocenters. The second-order valence-electron chi connectivity index (χ2n) is 7.48. The Morgan fingerprint density at radius 2 is 1.67 bits per heavy atom. The average Bonchev–Trinajstić information content (AvgIpc) is 2.95. The molecule has 0 atom stereocenters. The number of carbonyl (C=O) groups excluding carboxylic acids is 2. The van der Waals surface area contributed by atoms with E-state index in [1.54, 1.807) is 0 Å². The van der Waals surface area contributed by atoms with Crippen LogP contribution in [0.5, 0.6) is 0 Å². The number of ketones is 1. The van der Waals surface area contributed by atoms with E-state index in [-0.39, 0.29) is 18.2 Å². The molecule has 1 aliphatic rings. The molecule has 1 saturated carbocycles. The topological polar surface area (TPSA) is 63.1 Å². The van der Waals surface area contributed by atoms with Crippen LogP contribution < -0.4 is 10.6 Å². The fourth-order valence-corrected chi connectivity index (χ4v) is 4.11. The monoisotopic (exact) mass is 367 g/mol. The van der Waals surface area contributed by atoms with Crippen LogP contribution in [-0.2, 0) is 4.79 Å². The van der Waals surface area contributed by atoms with Crippen LogP contribution in [0, 0.1) is 13.8 Å². The molecule has 1 aliphatic carbocycles. The first-order valence-corrected chi connectivity index (χ1v) is 9.79. The third-order valence-electron chi connectivity index (χ3n) is 5.38. The molecule has 2 aromatic rings. The van der Waals surface area contributed by atoms with Gasteiger partial charge in [0, 0.05) is 41.3 Å². The lowest BCUT2D eigenvalue weighted by Crippen LogP contribution is -2.17. The number of aryl methyl sites for hydroxylation is 1. The van der Waals surface area contributed by atoms with Crippen LogP contribution in [0.3, 0.4) is 0 Å². The summed E-state index contributed by atoms with van der Waals surface area (Å²) in [6.45, 7) is 5.91. The fourth-order valence-electron chi connectivity index (χ4n) is 4.11. The van der Waals surface area contributed by atoms with Gasteiger partial charge in [-0.2, -0.15) is 0 Å². The number of hydrogen-bond acceptors (Lipinski definition) is 3. The minimum absolute atomic E-state index is 0.0980. The van der Waals surface area contributed by atoms with Crippen molar-refractivity contribution in [1.29, 1.82) is 0 Å². The minimum Gasteiger partial charge on any atom is -0.378 e. The summed E-state index contributed by atoms with van der Waals surface area (Å²) >= 11 is 0. The molecule has 1 aromatic carbocycles. The van der Waals surface area contributed by atoms with E-state index in [4.69, 9.17) is 0 Å². The van der Waals surface area contributed by atoms with Crippen molar-refractivity contribution in [2.24, 2.45) is 0 Å². The Morgan fingerprint density at radius 1 is 1.04 bits per heavy atom. The molecule has 1 amide bonds. The number of carbonyl (C=O) groups is 2. The maximum Gasteiger partial charge on any atom is 0.221 e. The highest BCUT2D eigenvalue weighted by molar-refractivity contribution is 6.00. The van der Waals surface area contributed by atoms with Gasteiger partial charge < -0.3 is 15.2 Å². The zero-order valence-corrected chi connectivity index (χ0v) is 16.5. The summed E-state index contributed by atoms with van der Waals surface area (Å²) in [7, 11) is 0. The van der Waals surface area contributed by atoms with Crippen LogP contribution in [0.2, 0.25) is 0 Å². The Labute approximate surface area is 161 Å². The quantitative estimate of drug-likeness (QED) is 0.717. The lowest BCUT2D eigenvalue weighted by Gasteiger charge is -2.26. The molecule has 0 spiro atoms. The summed E-state index contributed by atoms with van der Waals surface area (Å²) in [5, 5.41) is 5.92. The fraction of sp³-hybridized carbons (Fsp3) is 0.455. The van der Waals surface area contributed by atoms with Crippen LogP contribution in [-0.4, -0.2) is 22.8 Å².